The van der Waals surface area contributed by atoms with Crippen molar-refractivity contribution in [2.45, 2.75) is 89.1 Å². The Morgan fingerprint density at radius 1 is 0.755 bits per heavy atom. The van der Waals surface area contributed by atoms with Crippen molar-refractivity contribution >= 4 is 22.9 Å². The number of hydrogen-bond acceptors (Lipinski definition) is 17. The summed E-state index contributed by atoms with van der Waals surface area (Å²) in [5.74, 6) is -4.08. The summed E-state index contributed by atoms with van der Waals surface area (Å²) in [7, 11) is 1.15. The van der Waals surface area contributed by atoms with E-state index in [1.54, 1.807) is 0 Å². The molecule has 2 aliphatic heterocycles. The van der Waals surface area contributed by atoms with E-state index in [0.29, 0.717) is 0 Å². The molecular formula is C32H36O17. The topological polar surface area (TPSA) is 250 Å². The fourth-order valence-electron chi connectivity index (χ4n) is 5.56. The van der Waals surface area contributed by atoms with Crippen molar-refractivity contribution in [3.8, 4) is 40.1 Å². The van der Waals surface area contributed by atoms with Crippen molar-refractivity contribution in [2.75, 3.05) is 7.11 Å². The number of phenols is 2. The number of rotatable bonds is 8. The molecule has 10 atom stereocenters. The van der Waals surface area contributed by atoms with Gasteiger partial charge in [-0.2, -0.15) is 0 Å². The SMILES string of the molecule is COc1c(OC2OC(C)C(O)C(OC(C)=O)C2O)cc2oc(-c3ccc(O)cc3)c(OC3OC(C)C(O)C(OC(C)=O)C3O)c(=O)c2c1O. The molecule has 0 saturated carbocycles. The van der Waals surface area contributed by atoms with Gasteiger partial charge in [-0.1, -0.05) is 0 Å². The van der Waals surface area contributed by atoms with E-state index in [4.69, 9.17) is 37.6 Å². The van der Waals surface area contributed by atoms with Crippen LogP contribution in [-0.2, 0) is 28.5 Å². The van der Waals surface area contributed by atoms with E-state index in [9.17, 15) is 45.0 Å². The summed E-state index contributed by atoms with van der Waals surface area (Å²) in [5.41, 5.74) is -1.11. The first kappa shape index (κ1) is 35.7. The number of esters is 2. The van der Waals surface area contributed by atoms with Crippen molar-refractivity contribution in [3.05, 3.63) is 40.6 Å². The number of carbonyl (C=O) groups excluding carboxylic acids is 2. The zero-order valence-corrected chi connectivity index (χ0v) is 26.8. The first-order chi connectivity index (χ1) is 23.1. The van der Waals surface area contributed by atoms with Gasteiger partial charge in [0.25, 0.3) is 0 Å². The highest BCUT2D eigenvalue weighted by atomic mass is 16.7. The van der Waals surface area contributed by atoms with E-state index >= 15 is 0 Å². The van der Waals surface area contributed by atoms with Crippen molar-refractivity contribution < 1.29 is 77.8 Å². The van der Waals surface area contributed by atoms with Crippen LogP contribution in [0.4, 0.5) is 0 Å². The number of aliphatic hydroxyl groups excluding tert-OH is 4. The fraction of sp³-hybridized carbons (Fsp3) is 0.469. The van der Waals surface area contributed by atoms with Gasteiger partial charge >= 0.3 is 11.9 Å². The van der Waals surface area contributed by atoms with Crippen LogP contribution in [0, 0.1) is 0 Å². The van der Waals surface area contributed by atoms with E-state index in [-0.39, 0.29) is 28.4 Å². The molecule has 2 fully saturated rings. The molecule has 0 radical (unpaired) electrons. The largest absolute Gasteiger partial charge is 0.508 e. The molecule has 0 amide bonds. The van der Waals surface area contributed by atoms with Crippen LogP contribution in [0.5, 0.6) is 28.7 Å². The molecule has 2 saturated heterocycles. The first-order valence-corrected chi connectivity index (χ1v) is 15.0. The van der Waals surface area contributed by atoms with E-state index in [0.717, 1.165) is 27.0 Å². The summed E-state index contributed by atoms with van der Waals surface area (Å²) < 4.78 is 44.5. The zero-order chi connectivity index (χ0) is 35.9. The molecule has 0 bridgehead atoms. The van der Waals surface area contributed by atoms with Gasteiger partial charge < -0.3 is 68.2 Å². The second-order valence-electron chi connectivity index (χ2n) is 11.5. The maximum absolute atomic E-state index is 14.1. The molecule has 2 aromatic carbocycles. The molecule has 2 aliphatic rings. The summed E-state index contributed by atoms with van der Waals surface area (Å²) in [6.45, 7) is 5.04. The van der Waals surface area contributed by atoms with Crippen molar-refractivity contribution in [3.63, 3.8) is 0 Å². The predicted molar refractivity (Wildman–Crippen MR) is 163 cm³/mol. The lowest BCUT2D eigenvalue weighted by molar-refractivity contribution is -0.272. The van der Waals surface area contributed by atoms with Gasteiger partial charge in [-0.05, 0) is 38.1 Å². The molecular weight excluding hydrogens is 656 g/mol. The lowest BCUT2D eigenvalue weighted by Crippen LogP contribution is -2.59. The molecule has 17 nitrogen and oxygen atoms in total. The monoisotopic (exact) mass is 692 g/mol. The minimum atomic E-state index is -1.80. The number of benzene rings is 2. The third kappa shape index (κ3) is 6.94. The number of hydrogen-bond donors (Lipinski definition) is 6. The Bertz CT molecular complexity index is 1750. The molecule has 17 heteroatoms. The van der Waals surface area contributed by atoms with Crippen LogP contribution in [0.2, 0.25) is 0 Å². The highest BCUT2D eigenvalue weighted by Gasteiger charge is 2.48. The summed E-state index contributed by atoms with van der Waals surface area (Å²) in [4.78, 5) is 37.5. The summed E-state index contributed by atoms with van der Waals surface area (Å²) in [6.07, 6.45) is -14.6. The van der Waals surface area contributed by atoms with E-state index < -0.39 is 101 Å². The average molecular weight is 693 g/mol. The second kappa shape index (κ2) is 14.1. The van der Waals surface area contributed by atoms with Crippen molar-refractivity contribution in [1.82, 2.24) is 0 Å². The fourth-order valence-corrected chi connectivity index (χ4v) is 5.56. The molecule has 10 unspecified atom stereocenters. The normalized spacial score (nSPS) is 30.0. The Kier molecular flexibility index (Phi) is 10.2. The van der Waals surface area contributed by atoms with Crippen molar-refractivity contribution in [2.24, 2.45) is 0 Å². The van der Waals surface area contributed by atoms with E-state index in [1.165, 1.54) is 38.1 Å². The Morgan fingerprint density at radius 2 is 1.27 bits per heavy atom. The van der Waals surface area contributed by atoms with Gasteiger partial charge in [0.2, 0.25) is 29.5 Å². The van der Waals surface area contributed by atoms with Crippen LogP contribution < -0.4 is 19.6 Å². The van der Waals surface area contributed by atoms with Gasteiger partial charge in [-0.25, -0.2) is 0 Å². The number of aliphatic hydroxyl groups is 4. The minimum Gasteiger partial charge on any atom is -0.508 e. The van der Waals surface area contributed by atoms with Gasteiger partial charge in [0, 0.05) is 25.5 Å². The summed E-state index contributed by atoms with van der Waals surface area (Å²) >= 11 is 0. The number of ether oxygens (including phenoxy) is 7. The lowest BCUT2D eigenvalue weighted by Gasteiger charge is -2.40. The molecule has 1 aromatic heterocycles. The minimum absolute atomic E-state index is 0.122. The molecule has 266 valence electrons. The Morgan fingerprint density at radius 3 is 1.76 bits per heavy atom. The maximum Gasteiger partial charge on any atom is 0.303 e. The van der Waals surface area contributed by atoms with Gasteiger partial charge in [-0.15, -0.1) is 0 Å². The molecule has 3 aromatic rings. The molecule has 3 heterocycles. The number of aromatic hydroxyl groups is 2. The second-order valence-corrected chi connectivity index (χ2v) is 11.5. The number of phenolic OH excluding ortho intramolecular Hbond substituents is 2. The summed E-state index contributed by atoms with van der Waals surface area (Å²) in [6, 6.07) is 6.50. The van der Waals surface area contributed by atoms with Crippen LogP contribution >= 0.6 is 0 Å². The maximum atomic E-state index is 14.1. The van der Waals surface area contributed by atoms with Crippen LogP contribution in [0.1, 0.15) is 27.7 Å². The van der Waals surface area contributed by atoms with Crippen LogP contribution in [0.25, 0.3) is 22.3 Å². The van der Waals surface area contributed by atoms with Gasteiger partial charge in [-0.3, -0.25) is 14.4 Å². The summed E-state index contributed by atoms with van der Waals surface area (Å²) in [5, 5.41) is 63.5. The molecule has 5 rings (SSSR count). The predicted octanol–water partition coefficient (Wildman–Crippen LogP) is 0.434. The van der Waals surface area contributed by atoms with Crippen LogP contribution in [0.15, 0.2) is 39.5 Å². The van der Waals surface area contributed by atoms with E-state index in [2.05, 4.69) is 0 Å². The van der Waals surface area contributed by atoms with Crippen LogP contribution in [0.3, 0.4) is 0 Å². The van der Waals surface area contributed by atoms with Gasteiger partial charge in [0.1, 0.15) is 28.9 Å². The lowest BCUT2D eigenvalue weighted by atomic mass is 9.99. The zero-order valence-electron chi connectivity index (χ0n) is 26.8. The van der Waals surface area contributed by atoms with Crippen molar-refractivity contribution in [1.29, 1.82) is 0 Å². The molecule has 6 N–H and O–H groups in total. The smallest absolute Gasteiger partial charge is 0.303 e. The highest BCUT2D eigenvalue weighted by Crippen LogP contribution is 2.45. The average Bonchev–Trinajstić information content (AvgIpc) is 3.04. The Hall–Kier alpha value is -4.65. The number of methoxy groups -OCH3 is 1. The Labute approximate surface area is 277 Å². The highest BCUT2D eigenvalue weighted by molar-refractivity contribution is 5.91. The molecule has 49 heavy (non-hydrogen) atoms. The van der Waals surface area contributed by atoms with Gasteiger partial charge in [0.15, 0.2) is 41.7 Å². The van der Waals surface area contributed by atoms with Crippen LogP contribution in [-0.4, -0.2) is 111 Å². The molecule has 0 spiro atoms. The number of carbonyl (C=O) groups is 2. The van der Waals surface area contributed by atoms with Gasteiger partial charge in [0.05, 0.1) is 19.3 Å². The first-order valence-electron chi connectivity index (χ1n) is 15.0. The third-order valence-corrected chi connectivity index (χ3v) is 8.01. The van der Waals surface area contributed by atoms with E-state index in [1.807, 2.05) is 0 Å². The standard InChI is InChI=1S/C32H36O17/c1-11-20(36)28(45-13(3)33)24(40)31(43-11)48-18-10-17-19(22(38)27(18)42-5)23(39)30(26(47-17)15-6-8-16(35)9-7-15)49-32-25(41)29(46-14(4)34)21(37)12(2)44-32/h6-12,20-21,24-25,28-29,31-32,35-38,40-41H,1-5H3. The Balaban J connectivity index is 1.62. The molecule has 0 aliphatic carbocycles. The quantitative estimate of drug-likeness (QED) is 0.175. The third-order valence-electron chi connectivity index (χ3n) is 8.01. The number of fused-ring (bicyclic) bond motifs is 1.